The predicted molar refractivity (Wildman–Crippen MR) is 149 cm³/mol. The molecule has 1 aliphatic rings. The zero-order chi connectivity index (χ0) is 27.8. The number of halogens is 1. The van der Waals surface area contributed by atoms with Gasteiger partial charge in [0.05, 0.1) is 10.6 Å². The molecule has 1 fully saturated rings. The molecule has 0 aliphatic heterocycles. The number of carbonyl (C=O) groups is 2. The van der Waals surface area contributed by atoms with Crippen LogP contribution in [-0.4, -0.2) is 43.8 Å². The number of nitrogens with zero attached hydrogens (tertiary/aromatic N) is 2. The third-order valence-electron chi connectivity index (χ3n) is 7.01. The average Bonchev–Trinajstić information content (AvgIpc) is 3.46. The highest BCUT2D eigenvalue weighted by Gasteiger charge is 2.34. The summed E-state index contributed by atoms with van der Waals surface area (Å²) >= 11 is 0. The molecule has 0 spiro atoms. The minimum Gasteiger partial charge on any atom is -0.352 e. The van der Waals surface area contributed by atoms with Crippen LogP contribution in [0, 0.1) is 5.82 Å². The Morgan fingerprint density at radius 3 is 2.10 bits per heavy atom. The Balaban J connectivity index is 1.68. The van der Waals surface area contributed by atoms with Crippen LogP contribution in [0.15, 0.2) is 89.8 Å². The number of hydrogen-bond donors (Lipinski definition) is 1. The first kappa shape index (κ1) is 28.3. The summed E-state index contributed by atoms with van der Waals surface area (Å²) in [5, 5.41) is 3.08. The van der Waals surface area contributed by atoms with Gasteiger partial charge in [-0.25, -0.2) is 12.8 Å². The second kappa shape index (κ2) is 12.9. The SMILES string of the molecule is CCC(C(=O)NC1CCCC1)N(Cc1ccc(F)cc1)C(=O)CN(c1ccccc1)S(=O)(=O)c1ccccc1. The van der Waals surface area contributed by atoms with Crippen molar-refractivity contribution in [1.82, 2.24) is 10.2 Å². The molecular weight excluding hydrogens is 517 g/mol. The fourth-order valence-electron chi connectivity index (χ4n) is 4.92. The zero-order valence-electron chi connectivity index (χ0n) is 22.0. The molecule has 0 saturated heterocycles. The highest BCUT2D eigenvalue weighted by Crippen LogP contribution is 2.25. The fourth-order valence-corrected chi connectivity index (χ4v) is 6.35. The minimum absolute atomic E-state index is 0.0315. The van der Waals surface area contributed by atoms with Gasteiger partial charge >= 0.3 is 0 Å². The summed E-state index contributed by atoms with van der Waals surface area (Å²) < 4.78 is 42.1. The number of carbonyl (C=O) groups excluding carboxylic acids is 2. The van der Waals surface area contributed by atoms with Crippen molar-refractivity contribution in [3.63, 3.8) is 0 Å². The lowest BCUT2D eigenvalue weighted by atomic mass is 10.1. The predicted octanol–water partition coefficient (Wildman–Crippen LogP) is 4.89. The van der Waals surface area contributed by atoms with Crippen molar-refractivity contribution in [3.05, 3.63) is 96.3 Å². The highest BCUT2D eigenvalue weighted by molar-refractivity contribution is 7.92. The van der Waals surface area contributed by atoms with Crippen LogP contribution in [0.25, 0.3) is 0 Å². The van der Waals surface area contributed by atoms with E-state index < -0.39 is 34.3 Å². The number of nitrogens with one attached hydrogen (secondary N) is 1. The van der Waals surface area contributed by atoms with E-state index in [1.807, 2.05) is 6.92 Å². The molecule has 0 bridgehead atoms. The third-order valence-corrected chi connectivity index (χ3v) is 8.80. The van der Waals surface area contributed by atoms with E-state index in [0.29, 0.717) is 17.7 Å². The Kier molecular flexibility index (Phi) is 9.35. The Hall–Kier alpha value is -3.72. The van der Waals surface area contributed by atoms with Gasteiger partial charge in [0.1, 0.15) is 18.4 Å². The van der Waals surface area contributed by atoms with Crippen LogP contribution in [0.1, 0.15) is 44.6 Å². The lowest BCUT2D eigenvalue weighted by molar-refractivity contribution is -0.140. The summed E-state index contributed by atoms with van der Waals surface area (Å²) in [5.41, 5.74) is 0.967. The number of hydrogen-bond acceptors (Lipinski definition) is 4. The second-order valence-corrected chi connectivity index (χ2v) is 11.6. The molecule has 1 unspecified atom stereocenters. The van der Waals surface area contributed by atoms with Crippen LogP contribution in [0.3, 0.4) is 0 Å². The monoisotopic (exact) mass is 551 g/mol. The smallest absolute Gasteiger partial charge is 0.264 e. The number of rotatable bonds is 11. The van der Waals surface area contributed by atoms with Crippen LogP contribution in [0.2, 0.25) is 0 Å². The van der Waals surface area contributed by atoms with Crippen molar-refractivity contribution < 1.29 is 22.4 Å². The van der Waals surface area contributed by atoms with E-state index in [2.05, 4.69) is 5.32 Å². The van der Waals surface area contributed by atoms with Gasteiger partial charge in [-0.3, -0.25) is 13.9 Å². The molecule has 1 saturated carbocycles. The zero-order valence-corrected chi connectivity index (χ0v) is 22.8. The molecule has 206 valence electrons. The lowest BCUT2D eigenvalue weighted by Gasteiger charge is -2.33. The maximum atomic E-state index is 14.0. The van der Waals surface area contributed by atoms with Crippen LogP contribution < -0.4 is 9.62 Å². The van der Waals surface area contributed by atoms with Crippen molar-refractivity contribution in [2.45, 2.75) is 62.6 Å². The van der Waals surface area contributed by atoms with Crippen LogP contribution in [0.5, 0.6) is 0 Å². The molecule has 3 aromatic carbocycles. The largest absolute Gasteiger partial charge is 0.352 e. The quantitative estimate of drug-likeness (QED) is 0.368. The summed E-state index contributed by atoms with van der Waals surface area (Å²) in [7, 11) is -4.10. The molecule has 9 heteroatoms. The van der Waals surface area contributed by atoms with Gasteiger partial charge < -0.3 is 10.2 Å². The average molecular weight is 552 g/mol. The summed E-state index contributed by atoms with van der Waals surface area (Å²) in [4.78, 5) is 28.8. The van der Waals surface area contributed by atoms with Gasteiger partial charge in [0.25, 0.3) is 10.0 Å². The van der Waals surface area contributed by atoms with E-state index in [0.717, 1.165) is 30.0 Å². The van der Waals surface area contributed by atoms with Gasteiger partial charge in [0, 0.05) is 12.6 Å². The topological polar surface area (TPSA) is 86.8 Å². The summed E-state index contributed by atoms with van der Waals surface area (Å²) in [6.07, 6.45) is 4.21. The van der Waals surface area contributed by atoms with Gasteiger partial charge in [-0.2, -0.15) is 0 Å². The van der Waals surface area contributed by atoms with Gasteiger partial charge in [-0.05, 0) is 61.2 Å². The van der Waals surface area contributed by atoms with Crippen LogP contribution in [-0.2, 0) is 26.2 Å². The van der Waals surface area contributed by atoms with Crippen molar-refractivity contribution in [2.24, 2.45) is 0 Å². The molecule has 4 rings (SSSR count). The molecular formula is C30H34FN3O4S. The Labute approximate surface area is 229 Å². The van der Waals surface area contributed by atoms with Crippen LogP contribution >= 0.6 is 0 Å². The Morgan fingerprint density at radius 1 is 0.923 bits per heavy atom. The molecule has 0 heterocycles. The van der Waals surface area contributed by atoms with E-state index in [1.165, 1.54) is 29.2 Å². The molecule has 0 aromatic heterocycles. The molecule has 39 heavy (non-hydrogen) atoms. The summed E-state index contributed by atoms with van der Waals surface area (Å²) in [6.45, 7) is 1.35. The van der Waals surface area contributed by atoms with E-state index in [-0.39, 0.29) is 23.4 Å². The van der Waals surface area contributed by atoms with Gasteiger partial charge in [-0.1, -0.05) is 68.3 Å². The minimum atomic E-state index is -4.10. The first-order chi connectivity index (χ1) is 18.8. The van der Waals surface area contributed by atoms with E-state index in [1.54, 1.807) is 60.7 Å². The number of amides is 2. The van der Waals surface area contributed by atoms with Crippen LogP contribution in [0.4, 0.5) is 10.1 Å². The maximum Gasteiger partial charge on any atom is 0.264 e. The molecule has 1 aliphatic carbocycles. The molecule has 1 atom stereocenters. The van der Waals surface area contributed by atoms with Crippen molar-refractivity contribution in [1.29, 1.82) is 0 Å². The Bertz CT molecular complexity index is 1350. The van der Waals surface area contributed by atoms with Gasteiger partial charge in [0.2, 0.25) is 11.8 Å². The van der Waals surface area contributed by atoms with Crippen molar-refractivity contribution >= 4 is 27.5 Å². The van der Waals surface area contributed by atoms with E-state index in [4.69, 9.17) is 0 Å². The van der Waals surface area contributed by atoms with Crippen molar-refractivity contribution in [2.75, 3.05) is 10.8 Å². The molecule has 7 nitrogen and oxygen atoms in total. The molecule has 0 radical (unpaired) electrons. The molecule has 3 aromatic rings. The first-order valence-electron chi connectivity index (χ1n) is 13.3. The summed E-state index contributed by atoms with van der Waals surface area (Å²) in [5.74, 6) is -1.21. The second-order valence-electron chi connectivity index (χ2n) is 9.72. The van der Waals surface area contributed by atoms with Crippen molar-refractivity contribution in [3.8, 4) is 0 Å². The highest BCUT2D eigenvalue weighted by atomic mass is 32.2. The number of sulfonamides is 1. The Morgan fingerprint density at radius 2 is 1.51 bits per heavy atom. The van der Waals surface area contributed by atoms with E-state index in [9.17, 15) is 22.4 Å². The molecule has 2 amide bonds. The molecule has 1 N–H and O–H groups in total. The fraction of sp³-hybridized carbons (Fsp3) is 0.333. The lowest BCUT2D eigenvalue weighted by Crippen LogP contribution is -2.53. The number of para-hydroxylation sites is 1. The number of benzene rings is 3. The standard InChI is InChI=1S/C30H34FN3O4S/c1-2-28(30(36)32-25-11-9-10-12-25)33(21-23-17-19-24(31)20-18-23)29(35)22-34(26-13-5-3-6-14-26)39(37,38)27-15-7-4-8-16-27/h3-8,13-20,25,28H,2,9-12,21-22H2,1H3,(H,32,36). The maximum absolute atomic E-state index is 14.0. The van der Waals surface area contributed by atoms with Gasteiger partial charge in [-0.15, -0.1) is 0 Å². The normalized spacial score (nSPS) is 14.5. The first-order valence-corrected chi connectivity index (χ1v) is 14.7. The van der Waals surface area contributed by atoms with E-state index >= 15 is 0 Å². The summed E-state index contributed by atoms with van der Waals surface area (Å²) in [6, 6.07) is 21.3. The van der Waals surface area contributed by atoms with Gasteiger partial charge in [0.15, 0.2) is 0 Å². The third kappa shape index (κ3) is 7.03. The number of anilines is 1.